The number of ether oxygens (including phenoxy) is 10. The smallest absolute Gasteiger partial charge is 0.328 e. The summed E-state index contributed by atoms with van der Waals surface area (Å²) in [4.78, 5) is 189. The zero-order valence-corrected chi connectivity index (χ0v) is 68.9. The van der Waals surface area contributed by atoms with Crippen molar-refractivity contribution in [3.05, 3.63) is 0 Å². The molecule has 31 heteroatoms. The van der Waals surface area contributed by atoms with Crippen molar-refractivity contribution in [1.29, 1.82) is 0 Å². The monoisotopic (exact) mass is 1500 g/mol. The van der Waals surface area contributed by atoms with Crippen molar-refractivity contribution >= 4 is 77.5 Å². The van der Waals surface area contributed by atoms with Gasteiger partial charge in [-0.2, -0.15) is 0 Å². The number of esters is 10. The van der Waals surface area contributed by atoms with Gasteiger partial charge < -0.3 is 63.1 Å². The molecule has 1 unspecified atom stereocenters. The summed E-state index contributed by atoms with van der Waals surface area (Å²) < 4.78 is 56.8. The van der Waals surface area contributed by atoms with Gasteiger partial charge in [-0.3, -0.25) is 82.0 Å². The van der Waals surface area contributed by atoms with Crippen molar-refractivity contribution in [3.63, 3.8) is 0 Å². The van der Waals surface area contributed by atoms with Crippen LogP contribution < -0.4 is 10.6 Å². The van der Waals surface area contributed by atoms with Crippen LogP contribution in [-0.4, -0.2) is 273 Å². The average molecular weight is 1500 g/mol. The minimum Gasteiger partial charge on any atom is -0.480 e. The number of amides is 2. The molecule has 0 rings (SSSR count). The number of carbonyl (C=O) groups excluding carboxylic acids is 12. The van der Waals surface area contributed by atoms with Crippen LogP contribution in [-0.2, 0) is 110 Å². The Hall–Kier alpha value is -7.09. The zero-order chi connectivity index (χ0) is 82.2. The molecule has 0 aliphatic carbocycles. The summed E-state index contributed by atoms with van der Waals surface area (Å²) in [5, 5.41) is 16.1. The van der Waals surface area contributed by atoms with Gasteiger partial charge in [0, 0.05) is 45.6 Å². The van der Waals surface area contributed by atoms with Gasteiger partial charge in [-0.1, -0.05) is 0 Å². The molecule has 0 aromatic heterocycles. The third-order valence-electron chi connectivity index (χ3n) is 12.9. The van der Waals surface area contributed by atoms with Crippen molar-refractivity contribution in [2.45, 2.75) is 301 Å². The summed E-state index contributed by atoms with van der Waals surface area (Å²) in [6, 6.07) is -5.74. The van der Waals surface area contributed by atoms with E-state index in [-0.39, 0.29) is 38.9 Å². The number of nitrogens with zero attached hydrogens (tertiary/aromatic N) is 5. The van der Waals surface area contributed by atoms with Gasteiger partial charge >= 0.3 is 65.7 Å². The number of hydrogen-bond acceptors (Lipinski definition) is 28. The van der Waals surface area contributed by atoms with E-state index < -0.39 is 230 Å². The first-order valence-corrected chi connectivity index (χ1v) is 35.6. The van der Waals surface area contributed by atoms with Gasteiger partial charge in [-0.05, 0) is 227 Å². The zero-order valence-electron chi connectivity index (χ0n) is 68.9. The number of rotatable bonds is 38. The Kier molecular flexibility index (Phi) is 38.0. The molecule has 0 bridgehead atoms. The maximum Gasteiger partial charge on any atom is 0.328 e. The van der Waals surface area contributed by atoms with Crippen molar-refractivity contribution < 1.29 is 115 Å². The number of carboxylic acid groups (broad SMARTS) is 1. The van der Waals surface area contributed by atoms with Gasteiger partial charge in [-0.15, -0.1) is 0 Å². The SMILES string of the molecule is CC(C)(C)OC(=O)CC(CCN(CC(=O)OC(C)(C)C)CC(C(=O)NC[C@@H](NC(=O)[C@H](CN(CCN(CC(=O)OC(C)(C)C)CC(=O)OC(C)(C)C)CC(=O)OC(C)(C)C)N(CC(=O)OC(C)(C)C)CC(=O)OC(C)(C)C)C(=O)O)N(CC(=O)OC(C)(C)C)CC(=O)OC(C)(C)C)CC(=O)OC(C)(C)C. The molecule has 3 N–H and O–H groups in total. The Morgan fingerprint density at radius 1 is 0.295 bits per heavy atom. The molecule has 31 nitrogen and oxygen atoms in total. The lowest BCUT2D eigenvalue weighted by Gasteiger charge is -2.36. The first kappa shape index (κ1) is 97.9. The van der Waals surface area contributed by atoms with E-state index in [0.29, 0.717) is 0 Å². The lowest BCUT2D eigenvalue weighted by atomic mass is 9.96. The molecule has 2 amide bonds. The van der Waals surface area contributed by atoms with Crippen LogP contribution in [0.4, 0.5) is 0 Å². The van der Waals surface area contributed by atoms with Crippen molar-refractivity contribution in [3.8, 4) is 0 Å². The molecule has 606 valence electrons. The molecule has 0 aromatic carbocycles. The Bertz CT molecular complexity index is 2800. The summed E-state index contributed by atoms with van der Waals surface area (Å²) in [7, 11) is 0. The van der Waals surface area contributed by atoms with E-state index in [2.05, 4.69) is 10.6 Å². The van der Waals surface area contributed by atoms with Crippen molar-refractivity contribution in [2.24, 2.45) is 5.92 Å². The van der Waals surface area contributed by atoms with Gasteiger partial charge in [0.2, 0.25) is 11.8 Å². The standard InChI is InChI=1S/C74H131N7O24/c1-65(2,3)96-52(82)35-48(36-53(83)97-66(4,5)6)31-32-77(40-54(84)98-67(7,8)9)38-50(80(44-58(88)102-71(19,20)21)45-59(89)103-72(22,23)24)62(92)75-37-49(64(94)95)76-63(93)51(81(46-60(90)104-73(25,26)27)47-61(91)105-74(28,29)30)39-78(41-55(85)99-68(10,11)12)33-34-79(42-56(86)100-69(13,14)15)43-57(87)101-70(16,17)18/h48-51H,31-47H2,1-30H3,(H,75,92)(H,76,93)(H,94,95)/t49-,50?,51+/m1/s1. The van der Waals surface area contributed by atoms with E-state index in [1.165, 1.54) is 14.7 Å². The quantitative estimate of drug-likeness (QED) is 0.0462. The molecule has 0 radical (unpaired) electrons. The average Bonchev–Trinajstić information content (AvgIpc) is 0.839. The minimum atomic E-state index is -2.13. The lowest BCUT2D eigenvalue weighted by molar-refractivity contribution is -0.165. The first-order valence-electron chi connectivity index (χ1n) is 35.6. The number of hydrogen-bond donors (Lipinski definition) is 3. The summed E-state index contributed by atoms with van der Waals surface area (Å²) in [6.45, 7) is 40.0. The Morgan fingerprint density at radius 3 is 0.771 bits per heavy atom. The number of aliphatic carboxylic acids is 1. The molecule has 0 aliphatic rings. The van der Waals surface area contributed by atoms with Gasteiger partial charge in [0.15, 0.2) is 0 Å². The fourth-order valence-electron chi connectivity index (χ4n) is 9.79. The van der Waals surface area contributed by atoms with Gasteiger partial charge in [0.1, 0.15) is 74.1 Å². The first-order chi connectivity index (χ1) is 46.9. The van der Waals surface area contributed by atoms with Gasteiger partial charge in [0.05, 0.1) is 52.4 Å². The predicted octanol–water partition coefficient (Wildman–Crippen LogP) is 6.12. The molecule has 3 atom stereocenters. The third-order valence-corrected chi connectivity index (χ3v) is 12.9. The molecule has 0 saturated carbocycles. The topological polar surface area (TPSA) is 375 Å². The van der Waals surface area contributed by atoms with Crippen LogP contribution in [0.1, 0.15) is 227 Å². The highest BCUT2D eigenvalue weighted by Crippen LogP contribution is 2.24. The highest BCUT2D eigenvalue weighted by Gasteiger charge is 2.40. The minimum absolute atomic E-state index is 0.0491. The molecule has 0 fully saturated rings. The Morgan fingerprint density at radius 2 is 0.514 bits per heavy atom. The second-order valence-corrected chi connectivity index (χ2v) is 36.1. The van der Waals surface area contributed by atoms with Crippen molar-refractivity contribution in [2.75, 3.05) is 91.6 Å². The van der Waals surface area contributed by atoms with Crippen LogP contribution in [0.25, 0.3) is 0 Å². The van der Waals surface area contributed by atoms with E-state index in [9.17, 15) is 57.8 Å². The molecule has 0 aromatic rings. The highest BCUT2D eigenvalue weighted by molar-refractivity contribution is 5.90. The van der Waals surface area contributed by atoms with E-state index >= 15 is 9.59 Å². The van der Waals surface area contributed by atoms with E-state index in [0.717, 1.165) is 9.80 Å². The Labute approximate surface area is 623 Å². The van der Waals surface area contributed by atoms with Crippen LogP contribution >= 0.6 is 0 Å². The molecule has 0 heterocycles. The van der Waals surface area contributed by atoms with Crippen LogP contribution in [0.3, 0.4) is 0 Å². The molecular weight excluding hydrogens is 1370 g/mol. The fourth-order valence-corrected chi connectivity index (χ4v) is 9.79. The Balaban J connectivity index is 8.87. The molecule has 0 aliphatic heterocycles. The summed E-state index contributed by atoms with van der Waals surface area (Å²) in [6.07, 6.45) is -0.662. The summed E-state index contributed by atoms with van der Waals surface area (Å²) in [5.41, 5.74) is -10.4. The maximum atomic E-state index is 15.6. The second kappa shape index (κ2) is 40.7. The van der Waals surface area contributed by atoms with Crippen LogP contribution in [0.2, 0.25) is 0 Å². The molecular formula is C74H131N7O24. The van der Waals surface area contributed by atoms with E-state index in [1.807, 2.05) is 0 Å². The van der Waals surface area contributed by atoms with Crippen LogP contribution in [0.15, 0.2) is 0 Å². The van der Waals surface area contributed by atoms with Crippen LogP contribution in [0.5, 0.6) is 0 Å². The highest BCUT2D eigenvalue weighted by atomic mass is 16.6. The molecule has 0 saturated heterocycles. The molecule has 105 heavy (non-hydrogen) atoms. The second-order valence-electron chi connectivity index (χ2n) is 36.1. The maximum absolute atomic E-state index is 15.6. The number of nitrogens with one attached hydrogen (secondary N) is 2. The van der Waals surface area contributed by atoms with E-state index in [1.54, 1.807) is 208 Å². The van der Waals surface area contributed by atoms with Gasteiger partial charge in [-0.25, -0.2) is 4.79 Å². The molecule has 0 spiro atoms. The van der Waals surface area contributed by atoms with E-state index in [4.69, 9.17) is 47.4 Å². The predicted molar refractivity (Wildman–Crippen MR) is 388 cm³/mol. The number of carbonyl (C=O) groups is 13. The fraction of sp³-hybridized carbons (Fsp3) is 0.824. The summed E-state index contributed by atoms with van der Waals surface area (Å²) in [5.74, 6) is -13.2. The largest absolute Gasteiger partial charge is 0.480 e. The van der Waals surface area contributed by atoms with Crippen molar-refractivity contribution in [1.82, 2.24) is 35.1 Å². The third kappa shape index (κ3) is 51.7. The van der Waals surface area contributed by atoms with Gasteiger partial charge in [0.25, 0.3) is 0 Å². The van der Waals surface area contributed by atoms with Crippen LogP contribution in [0, 0.1) is 5.92 Å². The normalized spacial score (nSPS) is 13.9. The summed E-state index contributed by atoms with van der Waals surface area (Å²) >= 11 is 0. The number of carboxylic acids is 1. The lowest BCUT2D eigenvalue weighted by Crippen LogP contribution is -2.61.